The molecule has 0 aromatic heterocycles. The number of thiol groups is 1. The lowest BCUT2D eigenvalue weighted by atomic mass is 10.2. The van der Waals surface area contributed by atoms with E-state index in [9.17, 15) is 0 Å². The van der Waals surface area contributed by atoms with Gasteiger partial charge in [0.15, 0.2) is 0 Å². The standard InChI is InChI=1S/C9H10OS2/c1-2-10-7-8-3-5-9(12-11)6-4-8/h2-6,11H,1,7H2. The third-order valence-electron chi connectivity index (χ3n) is 1.40. The first-order chi connectivity index (χ1) is 5.86. The summed E-state index contributed by atoms with van der Waals surface area (Å²) in [6.45, 7) is 4.06. The molecule has 1 nitrogen and oxygen atoms in total. The van der Waals surface area contributed by atoms with E-state index in [4.69, 9.17) is 4.74 Å². The van der Waals surface area contributed by atoms with Gasteiger partial charge in [0.2, 0.25) is 0 Å². The van der Waals surface area contributed by atoms with Crippen molar-refractivity contribution in [1.82, 2.24) is 0 Å². The van der Waals surface area contributed by atoms with Crippen LogP contribution >= 0.6 is 22.5 Å². The van der Waals surface area contributed by atoms with Crippen LogP contribution in [-0.2, 0) is 11.3 Å². The van der Waals surface area contributed by atoms with Crippen molar-refractivity contribution in [1.29, 1.82) is 0 Å². The van der Waals surface area contributed by atoms with E-state index in [0.29, 0.717) is 6.61 Å². The topological polar surface area (TPSA) is 9.23 Å². The molecule has 0 aliphatic heterocycles. The summed E-state index contributed by atoms with van der Waals surface area (Å²) < 4.78 is 5.03. The Hall–Kier alpha value is -0.540. The van der Waals surface area contributed by atoms with Gasteiger partial charge in [-0.1, -0.05) is 29.5 Å². The van der Waals surface area contributed by atoms with Crippen LogP contribution in [0.3, 0.4) is 0 Å². The molecule has 0 fully saturated rings. The number of ether oxygens (including phenoxy) is 1. The second-order valence-electron chi connectivity index (χ2n) is 2.21. The van der Waals surface area contributed by atoms with Gasteiger partial charge in [0, 0.05) is 4.90 Å². The lowest BCUT2D eigenvalue weighted by molar-refractivity contribution is 0.237. The van der Waals surface area contributed by atoms with Crippen LogP contribution in [-0.4, -0.2) is 0 Å². The summed E-state index contributed by atoms with van der Waals surface area (Å²) in [6, 6.07) is 8.06. The van der Waals surface area contributed by atoms with Crippen molar-refractivity contribution in [3.8, 4) is 0 Å². The first-order valence-corrected chi connectivity index (χ1v) is 5.36. The predicted molar refractivity (Wildman–Crippen MR) is 56.3 cm³/mol. The Morgan fingerprint density at radius 2 is 2.08 bits per heavy atom. The molecule has 0 aliphatic carbocycles. The Balaban J connectivity index is 2.58. The molecule has 1 rings (SSSR count). The SMILES string of the molecule is C=COCc1ccc(SS)cc1. The van der Waals surface area contributed by atoms with Gasteiger partial charge in [-0.15, -0.1) is 11.7 Å². The van der Waals surface area contributed by atoms with Crippen LogP contribution in [0.1, 0.15) is 5.56 Å². The highest BCUT2D eigenvalue weighted by molar-refractivity contribution is 8.68. The van der Waals surface area contributed by atoms with Crippen LogP contribution in [0.4, 0.5) is 0 Å². The molecular weight excluding hydrogens is 188 g/mol. The minimum absolute atomic E-state index is 0.584. The summed E-state index contributed by atoms with van der Waals surface area (Å²) in [7, 11) is 1.43. The summed E-state index contributed by atoms with van der Waals surface area (Å²) in [4.78, 5) is 1.14. The molecule has 0 radical (unpaired) electrons. The smallest absolute Gasteiger partial charge is 0.112 e. The molecule has 0 heterocycles. The zero-order valence-corrected chi connectivity index (χ0v) is 8.28. The van der Waals surface area contributed by atoms with Crippen molar-refractivity contribution in [2.24, 2.45) is 0 Å². The molecule has 0 saturated heterocycles. The first kappa shape index (κ1) is 9.55. The van der Waals surface area contributed by atoms with E-state index in [1.807, 2.05) is 24.3 Å². The first-order valence-electron chi connectivity index (χ1n) is 3.49. The Kier molecular flexibility index (Phi) is 4.11. The van der Waals surface area contributed by atoms with Gasteiger partial charge in [0.1, 0.15) is 6.61 Å². The Morgan fingerprint density at radius 3 is 2.58 bits per heavy atom. The molecule has 0 amide bonds. The zero-order chi connectivity index (χ0) is 8.81. The predicted octanol–water partition coefficient (Wildman–Crippen LogP) is 3.28. The van der Waals surface area contributed by atoms with Crippen molar-refractivity contribution in [2.75, 3.05) is 0 Å². The van der Waals surface area contributed by atoms with Crippen LogP contribution in [0.5, 0.6) is 0 Å². The van der Waals surface area contributed by atoms with E-state index in [1.165, 1.54) is 17.1 Å². The molecule has 3 heteroatoms. The molecule has 0 aliphatic rings. The second-order valence-corrected chi connectivity index (χ2v) is 3.41. The van der Waals surface area contributed by atoms with Crippen molar-refractivity contribution >= 4 is 22.5 Å². The minimum Gasteiger partial charge on any atom is -0.497 e. The number of hydrogen-bond acceptors (Lipinski definition) is 3. The van der Waals surface area contributed by atoms with Crippen molar-refractivity contribution < 1.29 is 4.74 Å². The molecule has 0 atom stereocenters. The second kappa shape index (κ2) is 5.17. The number of benzene rings is 1. The number of rotatable bonds is 4. The van der Waals surface area contributed by atoms with Crippen LogP contribution in [0, 0.1) is 0 Å². The van der Waals surface area contributed by atoms with Gasteiger partial charge >= 0.3 is 0 Å². The third kappa shape index (κ3) is 2.83. The lowest BCUT2D eigenvalue weighted by Gasteiger charge is -2.01. The van der Waals surface area contributed by atoms with Gasteiger partial charge in [-0.25, -0.2) is 0 Å². The fourth-order valence-corrected chi connectivity index (χ4v) is 1.42. The molecule has 64 valence electrons. The van der Waals surface area contributed by atoms with Gasteiger partial charge in [0.05, 0.1) is 6.26 Å². The van der Waals surface area contributed by atoms with Crippen LogP contribution in [0.25, 0.3) is 0 Å². The largest absolute Gasteiger partial charge is 0.497 e. The van der Waals surface area contributed by atoms with Crippen LogP contribution in [0.2, 0.25) is 0 Å². The Labute approximate surface area is 81.6 Å². The van der Waals surface area contributed by atoms with Gasteiger partial charge in [-0.2, -0.15) is 0 Å². The molecule has 0 spiro atoms. The highest BCUT2D eigenvalue weighted by Gasteiger charge is 1.92. The zero-order valence-electron chi connectivity index (χ0n) is 6.56. The van der Waals surface area contributed by atoms with E-state index in [-0.39, 0.29) is 0 Å². The minimum atomic E-state index is 0.584. The molecule has 1 aromatic rings. The lowest BCUT2D eigenvalue weighted by Crippen LogP contribution is -1.84. The average Bonchev–Trinajstić information content (AvgIpc) is 2.15. The molecule has 0 saturated carbocycles. The van der Waals surface area contributed by atoms with E-state index in [2.05, 4.69) is 18.2 Å². The highest BCUT2D eigenvalue weighted by atomic mass is 33.1. The maximum atomic E-state index is 5.03. The normalized spacial score (nSPS) is 9.42. The molecule has 12 heavy (non-hydrogen) atoms. The summed E-state index contributed by atoms with van der Waals surface area (Å²) >= 11 is 4.08. The molecule has 0 N–H and O–H groups in total. The highest BCUT2D eigenvalue weighted by Crippen LogP contribution is 2.21. The van der Waals surface area contributed by atoms with Crippen LogP contribution in [0.15, 0.2) is 42.0 Å². The van der Waals surface area contributed by atoms with Gasteiger partial charge in [0.25, 0.3) is 0 Å². The fourth-order valence-electron chi connectivity index (χ4n) is 0.802. The molecular formula is C9H10OS2. The Bertz CT molecular complexity index is 243. The van der Waals surface area contributed by atoms with E-state index < -0.39 is 0 Å². The molecule has 0 unspecified atom stereocenters. The van der Waals surface area contributed by atoms with Crippen molar-refractivity contribution in [3.05, 3.63) is 42.7 Å². The summed E-state index contributed by atoms with van der Waals surface area (Å²) in [6.07, 6.45) is 1.45. The third-order valence-corrected chi connectivity index (χ3v) is 2.51. The van der Waals surface area contributed by atoms with Gasteiger partial charge in [-0.05, 0) is 17.7 Å². The maximum absolute atomic E-state index is 5.03. The van der Waals surface area contributed by atoms with Gasteiger partial charge < -0.3 is 4.74 Å². The monoisotopic (exact) mass is 198 g/mol. The van der Waals surface area contributed by atoms with Crippen molar-refractivity contribution in [2.45, 2.75) is 11.5 Å². The summed E-state index contributed by atoms with van der Waals surface area (Å²) in [5, 5.41) is 0. The number of hydrogen-bond donors (Lipinski definition) is 1. The van der Waals surface area contributed by atoms with E-state index >= 15 is 0 Å². The average molecular weight is 198 g/mol. The van der Waals surface area contributed by atoms with Crippen molar-refractivity contribution in [3.63, 3.8) is 0 Å². The van der Waals surface area contributed by atoms with Gasteiger partial charge in [-0.3, -0.25) is 0 Å². The fraction of sp³-hybridized carbons (Fsp3) is 0.111. The maximum Gasteiger partial charge on any atom is 0.112 e. The quantitative estimate of drug-likeness (QED) is 0.451. The summed E-state index contributed by atoms with van der Waals surface area (Å²) in [5.41, 5.74) is 1.14. The molecule has 0 bridgehead atoms. The van der Waals surface area contributed by atoms with E-state index in [1.54, 1.807) is 0 Å². The molecule has 1 aromatic carbocycles. The Morgan fingerprint density at radius 1 is 1.42 bits per heavy atom. The summed E-state index contributed by atoms with van der Waals surface area (Å²) in [5.74, 6) is 0. The van der Waals surface area contributed by atoms with E-state index in [0.717, 1.165) is 10.5 Å². The van der Waals surface area contributed by atoms with Crippen LogP contribution < -0.4 is 0 Å².